The summed E-state index contributed by atoms with van der Waals surface area (Å²) in [6, 6.07) is 7.92. The van der Waals surface area contributed by atoms with Gasteiger partial charge in [-0.25, -0.2) is 9.97 Å². The fourth-order valence-electron chi connectivity index (χ4n) is 1.90. The third-order valence-corrected chi connectivity index (χ3v) is 3.13. The first kappa shape index (κ1) is 15.1. The summed E-state index contributed by atoms with van der Waals surface area (Å²) in [6.07, 6.45) is 2.57. The van der Waals surface area contributed by atoms with E-state index in [2.05, 4.69) is 22.2 Å². The summed E-state index contributed by atoms with van der Waals surface area (Å²) in [7, 11) is 4.00. The van der Waals surface area contributed by atoms with Crippen LogP contribution >= 0.6 is 0 Å². The monoisotopic (exact) mass is 286 g/mol. The van der Waals surface area contributed by atoms with E-state index in [0.29, 0.717) is 5.88 Å². The Labute approximate surface area is 126 Å². The van der Waals surface area contributed by atoms with Crippen LogP contribution in [0.4, 0.5) is 11.5 Å². The van der Waals surface area contributed by atoms with Crippen LogP contribution in [0.2, 0.25) is 0 Å². The molecule has 1 heterocycles. The lowest BCUT2D eigenvalue weighted by molar-refractivity contribution is 0.458. The van der Waals surface area contributed by atoms with Gasteiger partial charge in [0, 0.05) is 32.4 Å². The van der Waals surface area contributed by atoms with E-state index in [9.17, 15) is 0 Å². The first-order valence-corrected chi connectivity index (χ1v) is 7.12. The number of nitrogens with zero attached hydrogens (tertiary/aromatic N) is 3. The van der Waals surface area contributed by atoms with Gasteiger partial charge in [0.1, 0.15) is 17.9 Å². The molecular weight excluding hydrogens is 264 g/mol. The summed E-state index contributed by atoms with van der Waals surface area (Å²) in [6.45, 7) is 4.96. The molecule has 5 nitrogen and oxygen atoms in total. The molecule has 0 atom stereocenters. The molecule has 0 fully saturated rings. The summed E-state index contributed by atoms with van der Waals surface area (Å²) >= 11 is 0. The predicted octanol–water partition coefficient (Wildman–Crippen LogP) is 3.47. The Bertz CT molecular complexity index is 599. The van der Waals surface area contributed by atoms with Crippen LogP contribution < -0.4 is 15.0 Å². The van der Waals surface area contributed by atoms with Gasteiger partial charge in [-0.05, 0) is 25.5 Å². The van der Waals surface area contributed by atoms with Crippen molar-refractivity contribution in [3.05, 3.63) is 36.2 Å². The summed E-state index contributed by atoms with van der Waals surface area (Å²) < 4.78 is 5.90. The number of aromatic nitrogens is 2. The van der Waals surface area contributed by atoms with Gasteiger partial charge in [-0.15, -0.1) is 0 Å². The lowest BCUT2D eigenvalue weighted by Crippen LogP contribution is -2.08. The minimum Gasteiger partial charge on any atom is -0.438 e. The van der Waals surface area contributed by atoms with Gasteiger partial charge < -0.3 is 15.0 Å². The highest BCUT2D eigenvalue weighted by atomic mass is 16.5. The predicted molar refractivity (Wildman–Crippen MR) is 86.4 cm³/mol. The van der Waals surface area contributed by atoms with Crippen LogP contribution in [0.1, 0.15) is 18.9 Å². The first-order chi connectivity index (χ1) is 10.1. The van der Waals surface area contributed by atoms with E-state index in [1.54, 1.807) is 0 Å². The van der Waals surface area contributed by atoms with E-state index in [4.69, 9.17) is 4.74 Å². The van der Waals surface area contributed by atoms with Crippen LogP contribution in [0.3, 0.4) is 0 Å². The maximum Gasteiger partial charge on any atom is 0.227 e. The molecule has 0 unspecified atom stereocenters. The van der Waals surface area contributed by atoms with Gasteiger partial charge >= 0.3 is 0 Å². The number of hydrogen-bond donors (Lipinski definition) is 1. The standard InChI is InChI=1S/C16H22N4O/c1-5-9-17-15-12(2)16(19-11-18-15)21-14-8-6-7-13(10-14)20(3)4/h6-8,10-11H,5,9H2,1-4H3,(H,17,18,19). The molecule has 0 aliphatic rings. The molecule has 1 N–H and O–H groups in total. The number of benzene rings is 1. The third-order valence-electron chi connectivity index (χ3n) is 3.13. The second-order valence-electron chi connectivity index (χ2n) is 5.07. The molecule has 0 amide bonds. The summed E-state index contributed by atoms with van der Waals surface area (Å²) in [5, 5.41) is 3.28. The molecule has 5 heteroatoms. The molecule has 2 rings (SSSR count). The van der Waals surface area contributed by atoms with E-state index in [0.717, 1.165) is 35.8 Å². The maximum atomic E-state index is 5.90. The van der Waals surface area contributed by atoms with Crippen molar-refractivity contribution in [1.82, 2.24) is 9.97 Å². The van der Waals surface area contributed by atoms with Crippen molar-refractivity contribution in [2.75, 3.05) is 30.9 Å². The smallest absolute Gasteiger partial charge is 0.227 e. The SMILES string of the molecule is CCCNc1ncnc(Oc2cccc(N(C)C)c2)c1C. The Morgan fingerprint density at radius 1 is 1.24 bits per heavy atom. The molecule has 0 saturated heterocycles. The molecule has 1 aromatic heterocycles. The normalized spacial score (nSPS) is 10.3. The molecule has 112 valence electrons. The van der Waals surface area contributed by atoms with Crippen LogP contribution in [0.15, 0.2) is 30.6 Å². The van der Waals surface area contributed by atoms with E-state index >= 15 is 0 Å². The van der Waals surface area contributed by atoms with Crippen molar-refractivity contribution in [3.8, 4) is 11.6 Å². The summed E-state index contributed by atoms with van der Waals surface area (Å²) in [4.78, 5) is 10.5. The van der Waals surface area contributed by atoms with Crippen LogP contribution in [0, 0.1) is 6.92 Å². The zero-order chi connectivity index (χ0) is 15.2. The zero-order valence-electron chi connectivity index (χ0n) is 13.1. The molecular formula is C16H22N4O. The molecule has 0 aliphatic carbocycles. The van der Waals surface area contributed by atoms with Gasteiger partial charge in [0.2, 0.25) is 5.88 Å². The molecule has 0 aliphatic heterocycles. The Morgan fingerprint density at radius 3 is 2.76 bits per heavy atom. The van der Waals surface area contributed by atoms with Crippen molar-refractivity contribution in [2.45, 2.75) is 20.3 Å². The van der Waals surface area contributed by atoms with Gasteiger partial charge in [-0.2, -0.15) is 0 Å². The molecule has 1 aromatic carbocycles. The number of rotatable bonds is 6. The van der Waals surface area contributed by atoms with Gasteiger partial charge in [0.25, 0.3) is 0 Å². The van der Waals surface area contributed by atoms with E-state index in [-0.39, 0.29) is 0 Å². The average Bonchev–Trinajstić information content (AvgIpc) is 2.48. The number of nitrogens with one attached hydrogen (secondary N) is 1. The Kier molecular flexibility index (Phi) is 4.98. The van der Waals surface area contributed by atoms with Crippen molar-refractivity contribution < 1.29 is 4.74 Å². The first-order valence-electron chi connectivity index (χ1n) is 7.12. The molecule has 0 saturated carbocycles. The zero-order valence-corrected chi connectivity index (χ0v) is 13.1. The fraction of sp³-hybridized carbons (Fsp3) is 0.375. The largest absolute Gasteiger partial charge is 0.438 e. The van der Waals surface area contributed by atoms with Crippen molar-refractivity contribution in [1.29, 1.82) is 0 Å². The fourth-order valence-corrected chi connectivity index (χ4v) is 1.90. The minimum absolute atomic E-state index is 0.583. The Morgan fingerprint density at radius 2 is 2.05 bits per heavy atom. The Hall–Kier alpha value is -2.30. The van der Waals surface area contributed by atoms with Crippen molar-refractivity contribution >= 4 is 11.5 Å². The van der Waals surface area contributed by atoms with Gasteiger partial charge in [0.05, 0.1) is 5.56 Å². The molecule has 0 bridgehead atoms. The highest BCUT2D eigenvalue weighted by Gasteiger charge is 2.09. The van der Waals surface area contributed by atoms with Gasteiger partial charge in [-0.3, -0.25) is 0 Å². The van der Waals surface area contributed by atoms with Crippen LogP contribution in [0.5, 0.6) is 11.6 Å². The summed E-state index contributed by atoms with van der Waals surface area (Å²) in [5.41, 5.74) is 2.00. The van der Waals surface area contributed by atoms with Gasteiger partial charge in [-0.1, -0.05) is 13.0 Å². The topological polar surface area (TPSA) is 50.3 Å². The Balaban J connectivity index is 2.21. The number of anilines is 2. The molecule has 2 aromatic rings. The second-order valence-corrected chi connectivity index (χ2v) is 5.07. The minimum atomic E-state index is 0.583. The lowest BCUT2D eigenvalue weighted by atomic mass is 10.3. The molecule has 0 spiro atoms. The second kappa shape index (κ2) is 6.92. The molecule has 0 radical (unpaired) electrons. The average molecular weight is 286 g/mol. The van der Waals surface area contributed by atoms with E-state index < -0.39 is 0 Å². The van der Waals surface area contributed by atoms with E-state index in [1.807, 2.05) is 50.2 Å². The quantitative estimate of drug-likeness (QED) is 0.881. The van der Waals surface area contributed by atoms with Crippen LogP contribution in [-0.2, 0) is 0 Å². The van der Waals surface area contributed by atoms with Crippen LogP contribution in [0.25, 0.3) is 0 Å². The van der Waals surface area contributed by atoms with Crippen LogP contribution in [-0.4, -0.2) is 30.6 Å². The maximum absolute atomic E-state index is 5.90. The number of hydrogen-bond acceptors (Lipinski definition) is 5. The van der Waals surface area contributed by atoms with E-state index in [1.165, 1.54) is 6.33 Å². The lowest BCUT2D eigenvalue weighted by Gasteiger charge is -2.15. The third kappa shape index (κ3) is 3.84. The van der Waals surface area contributed by atoms with Crippen molar-refractivity contribution in [3.63, 3.8) is 0 Å². The molecule has 21 heavy (non-hydrogen) atoms. The number of ether oxygens (including phenoxy) is 1. The highest BCUT2D eigenvalue weighted by Crippen LogP contribution is 2.28. The van der Waals surface area contributed by atoms with Gasteiger partial charge in [0.15, 0.2) is 0 Å². The highest BCUT2D eigenvalue weighted by molar-refractivity contribution is 5.52. The van der Waals surface area contributed by atoms with Crippen molar-refractivity contribution in [2.24, 2.45) is 0 Å². The summed E-state index contributed by atoms with van der Waals surface area (Å²) in [5.74, 6) is 2.18.